The summed E-state index contributed by atoms with van der Waals surface area (Å²) in [5, 5.41) is 25.6. The summed E-state index contributed by atoms with van der Waals surface area (Å²) in [7, 11) is 0. The second-order valence-electron chi connectivity index (χ2n) is 9.71. The number of ether oxygens (including phenoxy) is 2. The van der Waals surface area contributed by atoms with E-state index in [0.29, 0.717) is 21.9 Å². The molecule has 0 aliphatic carbocycles. The summed E-state index contributed by atoms with van der Waals surface area (Å²) in [6, 6.07) is 32.0. The average Bonchev–Trinajstić information content (AvgIpc) is 3.05. The van der Waals surface area contributed by atoms with Crippen LogP contribution in [-0.2, 0) is 0 Å². The van der Waals surface area contributed by atoms with Gasteiger partial charge >= 0.3 is 11.9 Å². The van der Waals surface area contributed by atoms with Crippen molar-refractivity contribution in [2.45, 2.75) is 0 Å². The Kier molecular flexibility index (Phi) is 7.22. The van der Waals surface area contributed by atoms with Gasteiger partial charge in [0.2, 0.25) is 0 Å². The third-order valence-electron chi connectivity index (χ3n) is 7.02. The first kappa shape index (κ1) is 27.7. The third kappa shape index (κ3) is 5.30. The van der Waals surface area contributed by atoms with E-state index in [-0.39, 0.29) is 34.0 Å². The van der Waals surface area contributed by atoms with Crippen LogP contribution in [0.25, 0.3) is 32.7 Å². The fraction of sp³-hybridized carbons (Fsp3) is 0. The van der Waals surface area contributed by atoms with Crippen LogP contribution in [0.2, 0.25) is 0 Å². The molecule has 0 aliphatic heterocycles. The van der Waals surface area contributed by atoms with Gasteiger partial charge in [0.25, 0.3) is 11.4 Å². The molecule has 6 aromatic carbocycles. The van der Waals surface area contributed by atoms with Crippen molar-refractivity contribution in [1.82, 2.24) is 0 Å². The molecule has 0 aliphatic rings. The van der Waals surface area contributed by atoms with Crippen molar-refractivity contribution in [3.05, 3.63) is 153 Å². The fourth-order valence-electron chi connectivity index (χ4n) is 5.00. The molecule has 0 bridgehead atoms. The first-order chi connectivity index (χ1) is 21.3. The Bertz CT molecular complexity index is 1990. The highest BCUT2D eigenvalue weighted by Gasteiger charge is 2.24. The number of rotatable bonds is 7. The van der Waals surface area contributed by atoms with E-state index in [0.717, 1.165) is 22.9 Å². The molecule has 0 heterocycles. The molecular formula is C34H20N2O8. The largest absolute Gasteiger partial charge is 0.422 e. The lowest BCUT2D eigenvalue weighted by molar-refractivity contribution is -0.385. The Balaban J connectivity index is 1.53. The highest BCUT2D eigenvalue weighted by atomic mass is 16.6. The second-order valence-corrected chi connectivity index (χ2v) is 9.71. The Labute approximate surface area is 249 Å². The van der Waals surface area contributed by atoms with E-state index >= 15 is 0 Å². The Morgan fingerprint density at radius 2 is 0.909 bits per heavy atom. The van der Waals surface area contributed by atoms with E-state index in [9.17, 15) is 29.8 Å². The lowest BCUT2D eigenvalue weighted by Gasteiger charge is -2.18. The van der Waals surface area contributed by atoms with E-state index in [2.05, 4.69) is 0 Å². The molecule has 0 saturated carbocycles. The van der Waals surface area contributed by atoms with Crippen molar-refractivity contribution >= 4 is 44.9 Å². The minimum Gasteiger partial charge on any atom is -0.422 e. The van der Waals surface area contributed by atoms with E-state index in [4.69, 9.17) is 9.47 Å². The molecule has 0 atom stereocenters. The predicted octanol–water partition coefficient (Wildman–Crippen LogP) is 7.91. The fourth-order valence-corrected chi connectivity index (χ4v) is 5.00. The molecule has 0 fully saturated rings. The summed E-state index contributed by atoms with van der Waals surface area (Å²) in [6.45, 7) is 0. The summed E-state index contributed by atoms with van der Waals surface area (Å²) >= 11 is 0. The van der Waals surface area contributed by atoms with Crippen LogP contribution in [0.4, 0.5) is 11.4 Å². The highest BCUT2D eigenvalue weighted by molar-refractivity contribution is 6.11. The molecule has 214 valence electrons. The van der Waals surface area contributed by atoms with Crippen LogP contribution >= 0.6 is 0 Å². The number of non-ortho nitro benzene ring substituents is 2. The molecule has 10 nitrogen and oxygen atoms in total. The topological polar surface area (TPSA) is 139 Å². The van der Waals surface area contributed by atoms with Crippen LogP contribution in [-0.4, -0.2) is 21.8 Å². The molecule has 0 aromatic heterocycles. The first-order valence-electron chi connectivity index (χ1n) is 13.3. The number of carbonyl (C=O) groups excluding carboxylic acids is 2. The molecule has 6 rings (SSSR count). The van der Waals surface area contributed by atoms with Gasteiger partial charge < -0.3 is 9.47 Å². The number of nitro benzene ring substituents is 2. The van der Waals surface area contributed by atoms with Gasteiger partial charge in [0, 0.05) is 35.4 Å². The minimum atomic E-state index is -0.819. The Morgan fingerprint density at radius 3 is 1.32 bits per heavy atom. The highest BCUT2D eigenvalue weighted by Crippen LogP contribution is 2.46. The summed E-state index contributed by atoms with van der Waals surface area (Å²) in [5.74, 6) is -1.38. The molecule has 10 heteroatoms. The number of carbonyl (C=O) groups is 2. The zero-order chi connectivity index (χ0) is 30.8. The summed E-state index contributed by atoms with van der Waals surface area (Å²) in [5.41, 5.74) is 0.327. The van der Waals surface area contributed by atoms with E-state index in [1.54, 1.807) is 24.3 Å². The van der Waals surface area contributed by atoms with Crippen LogP contribution in [0.1, 0.15) is 20.7 Å². The number of hydrogen-bond acceptors (Lipinski definition) is 8. The molecule has 44 heavy (non-hydrogen) atoms. The number of esters is 2. The van der Waals surface area contributed by atoms with Gasteiger partial charge in [0.15, 0.2) is 0 Å². The van der Waals surface area contributed by atoms with Crippen molar-refractivity contribution in [3.63, 3.8) is 0 Å². The average molecular weight is 585 g/mol. The zero-order valence-electron chi connectivity index (χ0n) is 22.7. The van der Waals surface area contributed by atoms with Gasteiger partial charge in [-0.25, -0.2) is 9.59 Å². The van der Waals surface area contributed by atoms with Crippen LogP contribution < -0.4 is 9.47 Å². The minimum absolute atomic E-state index is 0.0199. The number of benzene rings is 6. The number of hydrogen-bond donors (Lipinski definition) is 0. The van der Waals surface area contributed by atoms with Gasteiger partial charge in [-0.05, 0) is 45.8 Å². The van der Waals surface area contributed by atoms with Crippen LogP contribution in [0, 0.1) is 20.2 Å². The van der Waals surface area contributed by atoms with Gasteiger partial charge in [-0.15, -0.1) is 0 Å². The molecule has 0 amide bonds. The van der Waals surface area contributed by atoms with Gasteiger partial charge in [-0.3, -0.25) is 20.2 Å². The van der Waals surface area contributed by atoms with Gasteiger partial charge in [0.1, 0.15) is 11.5 Å². The molecule has 0 unspecified atom stereocenters. The van der Waals surface area contributed by atoms with E-state index in [1.807, 2.05) is 48.5 Å². The lowest BCUT2D eigenvalue weighted by Crippen LogP contribution is -2.11. The number of nitro groups is 2. The van der Waals surface area contributed by atoms with Crippen molar-refractivity contribution in [3.8, 4) is 22.6 Å². The normalized spacial score (nSPS) is 10.8. The maximum Gasteiger partial charge on any atom is 0.343 e. The predicted molar refractivity (Wildman–Crippen MR) is 163 cm³/mol. The maximum atomic E-state index is 13.3. The van der Waals surface area contributed by atoms with Crippen molar-refractivity contribution in [1.29, 1.82) is 0 Å². The molecule has 6 aromatic rings. The van der Waals surface area contributed by atoms with E-state index in [1.165, 1.54) is 36.4 Å². The third-order valence-corrected chi connectivity index (χ3v) is 7.02. The number of fused-ring (bicyclic) bond motifs is 2. The standard InChI is InChI=1S/C34H20N2O8/c37-33(23-9-5-11-25(19-23)35(39)40)43-29-17-15-21-7-1-3-13-27(21)31(29)32-28-14-4-2-8-22(28)16-18-30(32)44-34(38)24-10-6-12-26(20-24)36(41)42/h1-20H. The van der Waals surface area contributed by atoms with Gasteiger partial charge in [0.05, 0.1) is 21.0 Å². The van der Waals surface area contributed by atoms with Crippen molar-refractivity contribution in [2.75, 3.05) is 0 Å². The summed E-state index contributed by atoms with van der Waals surface area (Å²) < 4.78 is 11.8. The summed E-state index contributed by atoms with van der Waals surface area (Å²) in [4.78, 5) is 48.0. The van der Waals surface area contributed by atoms with Gasteiger partial charge in [-0.1, -0.05) is 72.8 Å². The van der Waals surface area contributed by atoms with Crippen molar-refractivity contribution < 1.29 is 28.9 Å². The molecule has 0 saturated heterocycles. The second kappa shape index (κ2) is 11.5. The molecular weight excluding hydrogens is 564 g/mol. The zero-order valence-corrected chi connectivity index (χ0v) is 22.7. The first-order valence-corrected chi connectivity index (χ1v) is 13.3. The monoisotopic (exact) mass is 584 g/mol. The lowest BCUT2D eigenvalue weighted by atomic mass is 9.92. The van der Waals surface area contributed by atoms with Gasteiger partial charge in [-0.2, -0.15) is 0 Å². The SMILES string of the molecule is O=C(Oc1ccc2ccccc2c1-c1c(OC(=O)c2cccc([N+](=O)[O-])c2)ccc2ccccc12)c1cccc([N+](=O)[O-])c1. The Morgan fingerprint density at radius 1 is 0.500 bits per heavy atom. The van der Waals surface area contributed by atoms with E-state index < -0.39 is 21.8 Å². The van der Waals surface area contributed by atoms with Crippen LogP contribution in [0.5, 0.6) is 11.5 Å². The number of nitrogens with zero attached hydrogens (tertiary/aromatic N) is 2. The quantitative estimate of drug-likeness (QED) is 0.0798. The van der Waals surface area contributed by atoms with Crippen LogP contribution in [0.15, 0.2) is 121 Å². The molecule has 0 spiro atoms. The summed E-state index contributed by atoms with van der Waals surface area (Å²) in [6.07, 6.45) is 0. The molecule has 0 N–H and O–H groups in total. The molecule has 0 radical (unpaired) electrons. The smallest absolute Gasteiger partial charge is 0.343 e. The Hall–Kier alpha value is -6.42. The van der Waals surface area contributed by atoms with Crippen molar-refractivity contribution in [2.24, 2.45) is 0 Å². The maximum absolute atomic E-state index is 13.3. The van der Waals surface area contributed by atoms with Crippen LogP contribution in [0.3, 0.4) is 0 Å².